The Kier molecular flexibility index (Phi) is 4.75. The number of methoxy groups -OCH3 is 2. The van der Waals surface area contributed by atoms with Crippen molar-refractivity contribution in [2.45, 2.75) is 0 Å². The molecule has 21 heavy (non-hydrogen) atoms. The molecule has 0 saturated heterocycles. The van der Waals surface area contributed by atoms with Gasteiger partial charge in [0.2, 0.25) is 0 Å². The lowest BCUT2D eigenvalue weighted by Crippen LogP contribution is -2.08. The summed E-state index contributed by atoms with van der Waals surface area (Å²) < 4.78 is 11.2. The molecule has 0 radical (unpaired) electrons. The van der Waals surface area contributed by atoms with Gasteiger partial charge in [-0.1, -0.05) is 11.6 Å². The quantitative estimate of drug-likeness (QED) is 0.654. The molecule has 2 rings (SSSR count). The standard InChI is InChI=1S/C15H13BrClNO3/c1-20-13-7-11(16)14(21-2)6-10(13)15(19)9-5-8(17)3-4-12(9)18/h3-7H,18H2,1-2H3. The van der Waals surface area contributed by atoms with Crippen LogP contribution >= 0.6 is 27.5 Å². The molecular formula is C15H13BrClNO3. The largest absolute Gasteiger partial charge is 0.496 e. The Morgan fingerprint density at radius 1 is 1.10 bits per heavy atom. The predicted octanol–water partition coefficient (Wildman–Crippen LogP) is 3.93. The van der Waals surface area contributed by atoms with E-state index in [0.29, 0.717) is 37.8 Å². The molecule has 0 aliphatic carbocycles. The van der Waals surface area contributed by atoms with Crippen molar-refractivity contribution in [2.75, 3.05) is 20.0 Å². The van der Waals surface area contributed by atoms with E-state index in [1.165, 1.54) is 20.3 Å². The first-order chi connectivity index (χ1) is 9.97. The van der Waals surface area contributed by atoms with Crippen molar-refractivity contribution in [1.82, 2.24) is 0 Å². The van der Waals surface area contributed by atoms with Crippen LogP contribution in [0.3, 0.4) is 0 Å². The van der Waals surface area contributed by atoms with Gasteiger partial charge in [0.1, 0.15) is 11.5 Å². The molecule has 2 N–H and O–H groups in total. The number of hydrogen-bond donors (Lipinski definition) is 1. The Morgan fingerprint density at radius 3 is 2.38 bits per heavy atom. The molecule has 0 aliphatic rings. The molecule has 0 heterocycles. The van der Waals surface area contributed by atoms with Crippen LogP contribution in [0, 0.1) is 0 Å². The van der Waals surface area contributed by atoms with E-state index in [1.807, 2.05) is 0 Å². The summed E-state index contributed by atoms with van der Waals surface area (Å²) in [6.45, 7) is 0. The Labute approximate surface area is 135 Å². The number of nitrogen functional groups attached to an aromatic ring is 1. The fraction of sp³-hybridized carbons (Fsp3) is 0.133. The summed E-state index contributed by atoms with van der Waals surface area (Å²) in [5.41, 5.74) is 6.89. The van der Waals surface area contributed by atoms with E-state index in [9.17, 15) is 4.79 Å². The molecule has 0 atom stereocenters. The van der Waals surface area contributed by atoms with Crippen molar-refractivity contribution in [1.29, 1.82) is 0 Å². The lowest BCUT2D eigenvalue weighted by atomic mass is 10.0. The smallest absolute Gasteiger partial charge is 0.199 e. The molecule has 0 spiro atoms. The highest BCUT2D eigenvalue weighted by Gasteiger charge is 2.20. The summed E-state index contributed by atoms with van der Waals surface area (Å²) in [6, 6.07) is 8.04. The van der Waals surface area contributed by atoms with Gasteiger partial charge in [0.25, 0.3) is 0 Å². The van der Waals surface area contributed by atoms with E-state index in [0.717, 1.165) is 0 Å². The third kappa shape index (κ3) is 3.14. The number of carbonyl (C=O) groups is 1. The molecule has 0 saturated carbocycles. The fourth-order valence-electron chi connectivity index (χ4n) is 1.91. The summed E-state index contributed by atoms with van der Waals surface area (Å²) in [5, 5.41) is 0.440. The highest BCUT2D eigenvalue weighted by molar-refractivity contribution is 9.10. The lowest BCUT2D eigenvalue weighted by molar-refractivity contribution is 0.103. The molecule has 0 fully saturated rings. The average molecular weight is 371 g/mol. The first-order valence-corrected chi connectivity index (χ1v) is 7.16. The van der Waals surface area contributed by atoms with Crippen LogP contribution in [0.1, 0.15) is 15.9 Å². The van der Waals surface area contributed by atoms with Gasteiger partial charge in [-0.25, -0.2) is 0 Å². The maximum Gasteiger partial charge on any atom is 0.199 e. The van der Waals surface area contributed by atoms with E-state index >= 15 is 0 Å². The van der Waals surface area contributed by atoms with E-state index in [-0.39, 0.29) is 5.78 Å². The Hall–Kier alpha value is -1.72. The summed E-state index contributed by atoms with van der Waals surface area (Å²) in [5.74, 6) is 0.671. The van der Waals surface area contributed by atoms with Gasteiger partial charge in [-0.15, -0.1) is 0 Å². The van der Waals surface area contributed by atoms with E-state index in [4.69, 9.17) is 26.8 Å². The number of benzene rings is 2. The molecule has 0 unspecified atom stereocenters. The van der Waals surface area contributed by atoms with Crippen LogP contribution in [0.2, 0.25) is 5.02 Å². The van der Waals surface area contributed by atoms with Crippen LogP contribution in [-0.4, -0.2) is 20.0 Å². The maximum absolute atomic E-state index is 12.7. The number of ketones is 1. The topological polar surface area (TPSA) is 61.5 Å². The number of hydrogen-bond acceptors (Lipinski definition) is 4. The second-order valence-electron chi connectivity index (χ2n) is 4.25. The number of rotatable bonds is 4. The highest BCUT2D eigenvalue weighted by Crippen LogP contribution is 2.34. The van der Waals surface area contributed by atoms with Gasteiger partial charge >= 0.3 is 0 Å². The third-order valence-electron chi connectivity index (χ3n) is 2.98. The molecule has 0 bridgehead atoms. The van der Waals surface area contributed by atoms with Crippen LogP contribution in [-0.2, 0) is 0 Å². The predicted molar refractivity (Wildman–Crippen MR) is 86.5 cm³/mol. The van der Waals surface area contributed by atoms with Gasteiger partial charge in [0.05, 0.1) is 24.3 Å². The van der Waals surface area contributed by atoms with E-state index < -0.39 is 0 Å². The van der Waals surface area contributed by atoms with Gasteiger partial charge in [0, 0.05) is 16.3 Å². The summed E-state index contributed by atoms with van der Waals surface area (Å²) in [6.07, 6.45) is 0. The molecular weight excluding hydrogens is 358 g/mol. The molecule has 2 aromatic carbocycles. The molecule has 0 aliphatic heterocycles. The molecule has 6 heteroatoms. The van der Waals surface area contributed by atoms with Crippen molar-refractivity contribution in [3.05, 3.63) is 51.0 Å². The number of halogens is 2. The Balaban J connectivity index is 2.59. The normalized spacial score (nSPS) is 10.3. The highest BCUT2D eigenvalue weighted by atomic mass is 79.9. The minimum Gasteiger partial charge on any atom is -0.496 e. The zero-order chi connectivity index (χ0) is 15.6. The lowest BCUT2D eigenvalue weighted by Gasteiger charge is -2.12. The van der Waals surface area contributed by atoms with Crippen LogP contribution in [0.15, 0.2) is 34.8 Å². The minimum absolute atomic E-state index is 0.280. The molecule has 0 amide bonds. The average Bonchev–Trinajstić information content (AvgIpc) is 2.48. The van der Waals surface area contributed by atoms with Gasteiger partial charge in [0.15, 0.2) is 5.78 Å². The fourth-order valence-corrected chi connectivity index (χ4v) is 2.56. The number of nitrogens with two attached hydrogens (primary N) is 1. The number of anilines is 1. The van der Waals surface area contributed by atoms with Crippen molar-refractivity contribution < 1.29 is 14.3 Å². The van der Waals surface area contributed by atoms with Crippen LogP contribution in [0.25, 0.3) is 0 Å². The molecule has 0 aromatic heterocycles. The molecule has 2 aromatic rings. The van der Waals surface area contributed by atoms with Crippen LogP contribution in [0.4, 0.5) is 5.69 Å². The van der Waals surface area contributed by atoms with Gasteiger partial charge in [-0.2, -0.15) is 0 Å². The minimum atomic E-state index is -0.280. The number of ether oxygens (including phenoxy) is 2. The van der Waals surface area contributed by atoms with Crippen molar-refractivity contribution in [2.24, 2.45) is 0 Å². The van der Waals surface area contributed by atoms with E-state index in [1.54, 1.807) is 24.3 Å². The first kappa shape index (κ1) is 15.7. The third-order valence-corrected chi connectivity index (χ3v) is 3.83. The van der Waals surface area contributed by atoms with Crippen molar-refractivity contribution >= 4 is 39.0 Å². The van der Waals surface area contributed by atoms with Crippen molar-refractivity contribution in [3.8, 4) is 11.5 Å². The summed E-state index contributed by atoms with van der Waals surface area (Å²) >= 11 is 9.29. The van der Waals surface area contributed by atoms with E-state index in [2.05, 4.69) is 15.9 Å². The summed E-state index contributed by atoms with van der Waals surface area (Å²) in [4.78, 5) is 12.7. The molecule has 4 nitrogen and oxygen atoms in total. The van der Waals surface area contributed by atoms with Crippen LogP contribution in [0.5, 0.6) is 11.5 Å². The molecule has 110 valence electrons. The summed E-state index contributed by atoms with van der Waals surface area (Å²) in [7, 11) is 3.01. The second kappa shape index (κ2) is 6.37. The Bertz CT molecular complexity index is 704. The first-order valence-electron chi connectivity index (χ1n) is 5.99. The van der Waals surface area contributed by atoms with Gasteiger partial charge < -0.3 is 15.2 Å². The second-order valence-corrected chi connectivity index (χ2v) is 5.54. The zero-order valence-corrected chi connectivity index (χ0v) is 13.8. The zero-order valence-electron chi connectivity index (χ0n) is 11.4. The maximum atomic E-state index is 12.7. The van der Waals surface area contributed by atoms with Crippen molar-refractivity contribution in [3.63, 3.8) is 0 Å². The van der Waals surface area contributed by atoms with Crippen LogP contribution < -0.4 is 15.2 Å². The Morgan fingerprint density at radius 2 is 1.76 bits per heavy atom. The SMILES string of the molecule is COc1cc(C(=O)c2cc(Cl)ccc2N)c(OC)cc1Br. The monoisotopic (exact) mass is 369 g/mol. The number of carbonyl (C=O) groups excluding carboxylic acids is 1. The van der Waals surface area contributed by atoms with Gasteiger partial charge in [-0.3, -0.25) is 4.79 Å². The van der Waals surface area contributed by atoms with Gasteiger partial charge in [-0.05, 0) is 46.3 Å².